The number of aromatic amines is 1. The van der Waals surface area contributed by atoms with Gasteiger partial charge < -0.3 is 9.72 Å². The molecule has 0 atom stereocenters. The maximum absolute atomic E-state index is 12.2. The minimum atomic E-state index is -0.575. The highest BCUT2D eigenvalue weighted by atomic mass is 35.5. The summed E-state index contributed by atoms with van der Waals surface area (Å²) in [6.45, 7) is 1.67. The van der Waals surface area contributed by atoms with Gasteiger partial charge in [-0.1, -0.05) is 11.6 Å². The summed E-state index contributed by atoms with van der Waals surface area (Å²) in [6.07, 6.45) is 1.60. The van der Waals surface area contributed by atoms with E-state index in [1.54, 1.807) is 37.4 Å². The molecule has 27 heavy (non-hydrogen) atoms. The normalized spacial score (nSPS) is 10.6. The number of imidazole rings is 1. The summed E-state index contributed by atoms with van der Waals surface area (Å²) in [6, 6.07) is 10.3. The van der Waals surface area contributed by atoms with Crippen LogP contribution in [0.15, 0.2) is 53.5 Å². The lowest BCUT2D eigenvalue weighted by Crippen LogP contribution is -2.16. The van der Waals surface area contributed by atoms with Crippen molar-refractivity contribution in [1.82, 2.24) is 9.55 Å². The standard InChI is InChI=1S/C18H14ClN3O5/c1-11-9-20-18(24)21(11)14-5-2-12(3-6-14)17(23)27-10-13-4-7-15(22(25)26)8-16(13)19/h2-9H,10H2,1H3,(H,20,24). The van der Waals surface area contributed by atoms with Crippen molar-refractivity contribution >= 4 is 23.3 Å². The first-order chi connectivity index (χ1) is 12.9. The molecule has 3 aromatic rings. The molecule has 0 saturated heterocycles. The van der Waals surface area contributed by atoms with Gasteiger partial charge in [-0.2, -0.15) is 0 Å². The number of nitrogens with one attached hydrogen (secondary N) is 1. The van der Waals surface area contributed by atoms with Crippen molar-refractivity contribution in [3.05, 3.63) is 91.1 Å². The number of nitro benzene ring substituents is 1. The average molecular weight is 388 g/mol. The topological polar surface area (TPSA) is 107 Å². The Bertz CT molecular complexity index is 1070. The molecular weight excluding hydrogens is 374 g/mol. The van der Waals surface area contributed by atoms with E-state index in [0.717, 1.165) is 5.69 Å². The minimum absolute atomic E-state index is 0.117. The number of aryl methyl sites for hydroxylation is 1. The molecule has 9 heteroatoms. The molecule has 0 aliphatic rings. The number of aromatic nitrogens is 2. The lowest BCUT2D eigenvalue weighted by atomic mass is 10.2. The number of nitro groups is 1. The fraction of sp³-hybridized carbons (Fsp3) is 0.111. The van der Waals surface area contributed by atoms with Crippen LogP contribution >= 0.6 is 11.6 Å². The third-order valence-corrected chi connectivity index (χ3v) is 4.28. The molecule has 0 saturated carbocycles. The summed E-state index contributed by atoms with van der Waals surface area (Å²) in [4.78, 5) is 36.7. The zero-order chi connectivity index (χ0) is 19.6. The van der Waals surface area contributed by atoms with Crippen molar-refractivity contribution in [3.8, 4) is 5.69 Å². The van der Waals surface area contributed by atoms with Gasteiger partial charge in [0.2, 0.25) is 0 Å². The van der Waals surface area contributed by atoms with E-state index in [1.165, 1.54) is 22.8 Å². The number of hydrogen-bond donors (Lipinski definition) is 1. The summed E-state index contributed by atoms with van der Waals surface area (Å²) in [5.41, 5.74) is 1.72. The quantitative estimate of drug-likeness (QED) is 0.410. The predicted molar refractivity (Wildman–Crippen MR) is 98.4 cm³/mol. The van der Waals surface area contributed by atoms with Crippen molar-refractivity contribution in [2.45, 2.75) is 13.5 Å². The van der Waals surface area contributed by atoms with Gasteiger partial charge in [0.1, 0.15) is 6.61 Å². The molecule has 3 rings (SSSR count). The first-order valence-electron chi connectivity index (χ1n) is 7.84. The third kappa shape index (κ3) is 3.90. The molecule has 8 nitrogen and oxygen atoms in total. The Balaban J connectivity index is 1.70. The molecule has 138 valence electrons. The molecule has 0 aliphatic heterocycles. The highest BCUT2D eigenvalue weighted by Gasteiger charge is 2.13. The number of halogens is 1. The first-order valence-corrected chi connectivity index (χ1v) is 8.22. The molecule has 0 aliphatic carbocycles. The molecule has 1 N–H and O–H groups in total. The first kappa shape index (κ1) is 18.4. The number of hydrogen-bond acceptors (Lipinski definition) is 5. The summed E-state index contributed by atoms with van der Waals surface area (Å²) < 4.78 is 6.68. The van der Waals surface area contributed by atoms with E-state index >= 15 is 0 Å². The maximum atomic E-state index is 12.2. The molecule has 1 aromatic heterocycles. The Labute approximate surface area is 158 Å². The Morgan fingerprint density at radius 3 is 2.52 bits per heavy atom. The van der Waals surface area contributed by atoms with Crippen LogP contribution in [0.5, 0.6) is 0 Å². The molecule has 0 fully saturated rings. The molecular formula is C18H14ClN3O5. The molecule has 2 aromatic carbocycles. The second-order valence-electron chi connectivity index (χ2n) is 5.73. The Kier molecular flexibility index (Phi) is 5.09. The number of benzene rings is 2. The van der Waals surface area contributed by atoms with Gasteiger partial charge in [-0.3, -0.25) is 14.7 Å². The van der Waals surface area contributed by atoms with E-state index in [2.05, 4.69) is 4.98 Å². The van der Waals surface area contributed by atoms with Crippen molar-refractivity contribution in [2.24, 2.45) is 0 Å². The van der Waals surface area contributed by atoms with Crippen LogP contribution in [-0.4, -0.2) is 20.4 Å². The molecule has 0 spiro atoms. The van der Waals surface area contributed by atoms with Crippen molar-refractivity contribution in [2.75, 3.05) is 0 Å². The Hall–Kier alpha value is -3.39. The summed E-state index contributed by atoms with van der Waals surface area (Å²) in [5.74, 6) is -0.575. The molecule has 1 heterocycles. The van der Waals surface area contributed by atoms with Crippen LogP contribution in [0.3, 0.4) is 0 Å². The van der Waals surface area contributed by atoms with Crippen molar-refractivity contribution in [3.63, 3.8) is 0 Å². The Morgan fingerprint density at radius 1 is 1.26 bits per heavy atom. The number of ether oxygens (including phenoxy) is 1. The number of esters is 1. The predicted octanol–water partition coefficient (Wildman–Crippen LogP) is 3.39. The zero-order valence-electron chi connectivity index (χ0n) is 14.1. The van der Waals surface area contributed by atoms with Crippen molar-refractivity contribution < 1.29 is 14.5 Å². The smallest absolute Gasteiger partial charge is 0.338 e. The highest BCUT2D eigenvalue weighted by Crippen LogP contribution is 2.23. The fourth-order valence-corrected chi connectivity index (χ4v) is 2.75. The van der Waals surface area contributed by atoms with E-state index in [4.69, 9.17) is 16.3 Å². The van der Waals surface area contributed by atoms with Crippen LogP contribution in [0.1, 0.15) is 21.6 Å². The van der Waals surface area contributed by atoms with Crippen LogP contribution in [-0.2, 0) is 11.3 Å². The monoisotopic (exact) mass is 387 g/mol. The number of nitrogens with zero attached hydrogens (tertiary/aromatic N) is 2. The minimum Gasteiger partial charge on any atom is -0.457 e. The number of H-pyrrole nitrogens is 1. The Morgan fingerprint density at radius 2 is 1.96 bits per heavy atom. The van der Waals surface area contributed by atoms with Crippen LogP contribution in [0.4, 0.5) is 5.69 Å². The van der Waals surface area contributed by atoms with Gasteiger partial charge in [-0.05, 0) is 37.3 Å². The highest BCUT2D eigenvalue weighted by molar-refractivity contribution is 6.31. The second-order valence-corrected chi connectivity index (χ2v) is 6.13. The fourth-order valence-electron chi connectivity index (χ4n) is 2.52. The van der Waals surface area contributed by atoms with Gasteiger partial charge in [0.05, 0.1) is 21.2 Å². The molecule has 0 amide bonds. The van der Waals surface area contributed by atoms with Gasteiger partial charge in [-0.15, -0.1) is 0 Å². The van der Waals surface area contributed by atoms with Crippen LogP contribution < -0.4 is 5.69 Å². The van der Waals surface area contributed by atoms with Gasteiger partial charge >= 0.3 is 11.7 Å². The summed E-state index contributed by atoms with van der Waals surface area (Å²) >= 11 is 5.98. The van der Waals surface area contributed by atoms with E-state index in [0.29, 0.717) is 16.8 Å². The molecule has 0 bridgehead atoms. The van der Waals surface area contributed by atoms with Gasteiger partial charge in [0, 0.05) is 29.6 Å². The molecule has 0 unspecified atom stereocenters. The summed E-state index contributed by atoms with van der Waals surface area (Å²) in [7, 11) is 0. The van der Waals surface area contributed by atoms with Gasteiger partial charge in [0.15, 0.2) is 0 Å². The lowest BCUT2D eigenvalue weighted by Gasteiger charge is -2.08. The van der Waals surface area contributed by atoms with Crippen molar-refractivity contribution in [1.29, 1.82) is 0 Å². The number of non-ortho nitro benzene ring substituents is 1. The molecule has 0 radical (unpaired) electrons. The summed E-state index contributed by atoms with van der Waals surface area (Å²) in [5, 5.41) is 10.9. The van der Waals surface area contributed by atoms with E-state index in [-0.39, 0.29) is 23.0 Å². The van der Waals surface area contributed by atoms with Gasteiger partial charge in [0.25, 0.3) is 5.69 Å². The number of carbonyl (C=O) groups excluding carboxylic acids is 1. The maximum Gasteiger partial charge on any atom is 0.338 e. The lowest BCUT2D eigenvalue weighted by molar-refractivity contribution is -0.384. The zero-order valence-corrected chi connectivity index (χ0v) is 14.9. The van der Waals surface area contributed by atoms with E-state index in [9.17, 15) is 19.7 Å². The van der Waals surface area contributed by atoms with E-state index in [1.807, 2.05) is 0 Å². The SMILES string of the molecule is Cc1c[nH]c(=O)n1-c1ccc(C(=O)OCc2ccc([N+](=O)[O-])cc2Cl)cc1. The van der Waals surface area contributed by atoms with Crippen LogP contribution in [0.2, 0.25) is 5.02 Å². The average Bonchev–Trinajstić information content (AvgIpc) is 2.98. The van der Waals surface area contributed by atoms with Gasteiger partial charge in [-0.25, -0.2) is 9.59 Å². The second kappa shape index (κ2) is 7.46. The van der Waals surface area contributed by atoms with E-state index < -0.39 is 10.9 Å². The van der Waals surface area contributed by atoms with Crippen LogP contribution in [0, 0.1) is 17.0 Å². The number of rotatable bonds is 5. The third-order valence-electron chi connectivity index (χ3n) is 3.93. The number of carbonyl (C=O) groups is 1. The largest absolute Gasteiger partial charge is 0.457 e. The van der Waals surface area contributed by atoms with Crippen LogP contribution in [0.25, 0.3) is 5.69 Å².